The van der Waals surface area contributed by atoms with Gasteiger partial charge in [-0.2, -0.15) is 18.3 Å². The average Bonchev–Trinajstić information content (AvgIpc) is 3.42. The van der Waals surface area contributed by atoms with Crippen molar-refractivity contribution in [3.05, 3.63) is 82.6 Å². The highest BCUT2D eigenvalue weighted by Gasteiger charge is 2.45. The van der Waals surface area contributed by atoms with Crippen LogP contribution in [0.1, 0.15) is 31.9 Å². The monoisotopic (exact) mass is 590 g/mol. The van der Waals surface area contributed by atoms with Crippen molar-refractivity contribution >= 4 is 29.1 Å². The minimum absolute atomic E-state index is 0.128. The number of nitrogens with one attached hydrogen (secondary N) is 1. The molecule has 7 nitrogen and oxygen atoms in total. The summed E-state index contributed by atoms with van der Waals surface area (Å²) >= 11 is 12.9. The Bertz CT molecular complexity index is 1560. The lowest BCUT2D eigenvalue weighted by Crippen LogP contribution is -2.48. The number of aromatic nitrogens is 3. The first kappa shape index (κ1) is 27.9. The summed E-state index contributed by atoms with van der Waals surface area (Å²) in [4.78, 5) is 17.1. The molecule has 0 fully saturated rings. The molecule has 208 valence electrons. The number of fused-ring (bicyclic) bond motifs is 1. The maximum Gasteiger partial charge on any atom is 0.423 e. The van der Waals surface area contributed by atoms with E-state index in [1.807, 2.05) is 6.07 Å². The number of pyridine rings is 1. The van der Waals surface area contributed by atoms with Gasteiger partial charge in [0.15, 0.2) is 0 Å². The molecule has 3 heterocycles. The van der Waals surface area contributed by atoms with Crippen molar-refractivity contribution in [2.24, 2.45) is 0 Å². The van der Waals surface area contributed by atoms with E-state index >= 15 is 0 Å². The minimum Gasteiger partial charge on any atom is -0.471 e. The molecule has 12 heteroatoms. The van der Waals surface area contributed by atoms with Gasteiger partial charge in [0, 0.05) is 40.5 Å². The predicted molar refractivity (Wildman–Crippen MR) is 145 cm³/mol. The minimum atomic E-state index is -5.11. The Balaban J connectivity index is 1.65. The van der Waals surface area contributed by atoms with Gasteiger partial charge in [0.1, 0.15) is 5.60 Å². The fourth-order valence-corrected chi connectivity index (χ4v) is 4.98. The zero-order chi connectivity index (χ0) is 28.8. The molecule has 0 spiro atoms. The number of carbonyl (C=O) groups is 1. The molecular weight excluding hydrogens is 568 g/mol. The Labute approximate surface area is 237 Å². The summed E-state index contributed by atoms with van der Waals surface area (Å²) in [5.41, 5.74) is 2.51. The number of amides is 1. The SMILES string of the molecule is CC1(C)CC(NC(=O)C(O)C(F)(F)F)c2cc(-c3ccc(Cl)cc3)c(-c3ccc(-n4cccn4)cc3Cl)nc2O1. The van der Waals surface area contributed by atoms with Gasteiger partial charge in [-0.05, 0) is 61.9 Å². The molecule has 0 aliphatic carbocycles. The van der Waals surface area contributed by atoms with Crippen molar-refractivity contribution in [3.8, 4) is 34.0 Å². The van der Waals surface area contributed by atoms with E-state index in [0.717, 1.165) is 5.69 Å². The Kier molecular flexibility index (Phi) is 7.28. The molecule has 2 unspecified atom stereocenters. The first-order valence-electron chi connectivity index (χ1n) is 12.2. The van der Waals surface area contributed by atoms with Crippen LogP contribution in [0.2, 0.25) is 10.0 Å². The second-order valence-electron chi connectivity index (χ2n) is 9.97. The quantitative estimate of drug-likeness (QED) is 0.275. The smallest absolute Gasteiger partial charge is 0.423 e. The molecule has 2 N–H and O–H groups in total. The Morgan fingerprint density at radius 1 is 1.15 bits per heavy atom. The first-order valence-corrected chi connectivity index (χ1v) is 12.9. The number of nitrogens with zero attached hydrogens (tertiary/aromatic N) is 3. The molecule has 40 heavy (non-hydrogen) atoms. The summed E-state index contributed by atoms with van der Waals surface area (Å²) < 4.78 is 46.9. The molecule has 2 aromatic carbocycles. The third-order valence-corrected chi connectivity index (χ3v) is 7.03. The number of carbonyl (C=O) groups excluding carboxylic acids is 1. The number of hydrogen-bond acceptors (Lipinski definition) is 5. The number of ether oxygens (including phenoxy) is 1. The van der Waals surface area contributed by atoms with Crippen molar-refractivity contribution in [2.45, 2.75) is 44.2 Å². The molecule has 0 saturated heterocycles. The molecule has 1 amide bonds. The molecule has 0 saturated carbocycles. The molecule has 5 rings (SSSR count). The first-order chi connectivity index (χ1) is 18.8. The van der Waals surface area contributed by atoms with Gasteiger partial charge in [-0.1, -0.05) is 35.3 Å². The summed E-state index contributed by atoms with van der Waals surface area (Å²) in [6.45, 7) is 3.46. The van der Waals surface area contributed by atoms with Crippen LogP contribution in [0.15, 0.2) is 67.0 Å². The van der Waals surface area contributed by atoms with Crippen LogP contribution in [0.5, 0.6) is 5.88 Å². The topological polar surface area (TPSA) is 89.3 Å². The van der Waals surface area contributed by atoms with Crippen molar-refractivity contribution in [1.82, 2.24) is 20.1 Å². The van der Waals surface area contributed by atoms with E-state index in [1.54, 1.807) is 79.5 Å². The van der Waals surface area contributed by atoms with Crippen LogP contribution in [-0.2, 0) is 4.79 Å². The number of alkyl halides is 3. The number of aliphatic hydroxyl groups is 1. The summed E-state index contributed by atoms with van der Waals surface area (Å²) in [7, 11) is 0. The van der Waals surface area contributed by atoms with Crippen molar-refractivity contribution in [2.75, 3.05) is 0 Å². The van der Waals surface area contributed by atoms with E-state index in [0.29, 0.717) is 38.0 Å². The van der Waals surface area contributed by atoms with Crippen LogP contribution in [0.4, 0.5) is 13.2 Å². The highest BCUT2D eigenvalue weighted by Crippen LogP contribution is 2.45. The lowest BCUT2D eigenvalue weighted by Gasteiger charge is -2.38. The van der Waals surface area contributed by atoms with E-state index in [1.165, 1.54) is 0 Å². The maximum atomic E-state index is 13.0. The zero-order valence-corrected chi connectivity index (χ0v) is 22.7. The molecular formula is C28H23Cl2F3N4O3. The number of benzene rings is 2. The highest BCUT2D eigenvalue weighted by molar-refractivity contribution is 6.33. The standard InChI is InChI=1S/C28H23Cl2F3N4O3/c1-27(2)14-22(35-25(39)24(38)28(31,32)33)20-13-19(15-4-6-16(29)7-5-15)23(36-26(20)40-27)18-9-8-17(12-21(18)30)37-11-3-10-34-37/h3-13,22,24,38H,14H2,1-2H3,(H,35,39). The van der Waals surface area contributed by atoms with Crippen LogP contribution in [0, 0.1) is 0 Å². The van der Waals surface area contributed by atoms with Gasteiger partial charge in [0.25, 0.3) is 5.91 Å². The number of halogens is 5. The molecule has 2 atom stereocenters. The summed E-state index contributed by atoms with van der Waals surface area (Å²) in [6.07, 6.45) is -4.72. The average molecular weight is 591 g/mol. The fraction of sp³-hybridized carbons (Fsp3) is 0.250. The van der Waals surface area contributed by atoms with E-state index in [4.69, 9.17) is 32.9 Å². The fourth-order valence-electron chi connectivity index (χ4n) is 4.59. The lowest BCUT2D eigenvalue weighted by molar-refractivity contribution is -0.205. The molecule has 2 aromatic heterocycles. The van der Waals surface area contributed by atoms with E-state index in [2.05, 4.69) is 10.4 Å². The summed E-state index contributed by atoms with van der Waals surface area (Å²) in [6, 6.07) is 14.9. The Hall–Kier alpha value is -3.60. The van der Waals surface area contributed by atoms with E-state index < -0.39 is 29.8 Å². The zero-order valence-electron chi connectivity index (χ0n) is 21.2. The molecule has 1 aliphatic rings. The summed E-state index contributed by atoms with van der Waals surface area (Å²) in [5, 5.41) is 17.0. The van der Waals surface area contributed by atoms with Crippen LogP contribution in [-0.4, -0.2) is 43.7 Å². The van der Waals surface area contributed by atoms with Gasteiger partial charge in [-0.25, -0.2) is 9.67 Å². The second kappa shape index (κ2) is 10.4. The van der Waals surface area contributed by atoms with Crippen LogP contribution in [0.3, 0.4) is 0 Å². The van der Waals surface area contributed by atoms with E-state index in [-0.39, 0.29) is 12.3 Å². The predicted octanol–water partition coefficient (Wildman–Crippen LogP) is 6.55. The number of aliphatic hydroxyl groups excluding tert-OH is 1. The van der Waals surface area contributed by atoms with Gasteiger partial charge in [0.2, 0.25) is 12.0 Å². The largest absolute Gasteiger partial charge is 0.471 e. The van der Waals surface area contributed by atoms with Crippen molar-refractivity contribution in [3.63, 3.8) is 0 Å². The molecule has 4 aromatic rings. The third-order valence-electron chi connectivity index (χ3n) is 6.47. The van der Waals surface area contributed by atoms with E-state index in [9.17, 15) is 23.1 Å². The Morgan fingerprint density at radius 2 is 1.88 bits per heavy atom. The van der Waals surface area contributed by atoms with Crippen LogP contribution >= 0.6 is 23.2 Å². The van der Waals surface area contributed by atoms with Crippen LogP contribution in [0.25, 0.3) is 28.1 Å². The van der Waals surface area contributed by atoms with Gasteiger partial charge < -0.3 is 15.2 Å². The van der Waals surface area contributed by atoms with Gasteiger partial charge in [-0.3, -0.25) is 4.79 Å². The Morgan fingerprint density at radius 3 is 2.50 bits per heavy atom. The normalized spacial score (nSPS) is 17.1. The molecule has 0 bridgehead atoms. The third kappa shape index (κ3) is 5.65. The van der Waals surface area contributed by atoms with Gasteiger partial charge >= 0.3 is 6.18 Å². The number of rotatable bonds is 5. The van der Waals surface area contributed by atoms with Crippen molar-refractivity contribution in [1.29, 1.82) is 0 Å². The van der Waals surface area contributed by atoms with Gasteiger partial charge in [0.05, 0.1) is 22.4 Å². The lowest BCUT2D eigenvalue weighted by atomic mass is 9.88. The molecule has 1 aliphatic heterocycles. The second-order valence-corrected chi connectivity index (χ2v) is 10.8. The van der Waals surface area contributed by atoms with Crippen molar-refractivity contribution < 1.29 is 27.8 Å². The summed E-state index contributed by atoms with van der Waals surface area (Å²) in [5.74, 6) is -1.43. The maximum absolute atomic E-state index is 13.0. The van der Waals surface area contributed by atoms with Gasteiger partial charge in [-0.15, -0.1) is 0 Å². The number of hydrogen-bond donors (Lipinski definition) is 2. The van der Waals surface area contributed by atoms with Crippen LogP contribution < -0.4 is 10.1 Å². The molecule has 0 radical (unpaired) electrons. The highest BCUT2D eigenvalue weighted by atomic mass is 35.5.